The van der Waals surface area contributed by atoms with Crippen LogP contribution in [0.1, 0.15) is 25.6 Å². The highest BCUT2D eigenvalue weighted by atomic mass is 16.1. The third kappa shape index (κ3) is 2.83. The third-order valence-electron chi connectivity index (χ3n) is 3.58. The van der Waals surface area contributed by atoms with Crippen LogP contribution in [0.4, 0.5) is 11.5 Å². The van der Waals surface area contributed by atoms with Crippen molar-refractivity contribution in [2.24, 2.45) is 0 Å². The summed E-state index contributed by atoms with van der Waals surface area (Å²) >= 11 is 0. The van der Waals surface area contributed by atoms with Gasteiger partial charge >= 0.3 is 0 Å². The van der Waals surface area contributed by atoms with E-state index in [2.05, 4.69) is 32.1 Å². The van der Waals surface area contributed by atoms with E-state index in [1.165, 1.54) is 6.08 Å². The minimum atomic E-state index is -0.272. The summed E-state index contributed by atoms with van der Waals surface area (Å²) < 4.78 is 0. The minimum Gasteiger partial charge on any atom is -0.383 e. The van der Waals surface area contributed by atoms with Crippen molar-refractivity contribution in [2.75, 3.05) is 11.1 Å². The summed E-state index contributed by atoms with van der Waals surface area (Å²) in [4.78, 5) is 20.3. The quantitative estimate of drug-likeness (QED) is 0.640. The van der Waals surface area contributed by atoms with Crippen LogP contribution in [0, 0.1) is 0 Å². The Morgan fingerprint density at radius 1 is 1.38 bits per heavy atom. The molecule has 0 atom stereocenters. The van der Waals surface area contributed by atoms with Crippen molar-refractivity contribution in [3.8, 4) is 11.3 Å². The van der Waals surface area contributed by atoms with Crippen molar-refractivity contribution in [1.29, 1.82) is 0 Å². The van der Waals surface area contributed by atoms with Crippen LogP contribution in [0.25, 0.3) is 22.3 Å². The van der Waals surface area contributed by atoms with Crippen LogP contribution in [0.15, 0.2) is 36.9 Å². The number of anilines is 2. The number of nitrogens with zero attached hydrogens (tertiary/aromatic N) is 3. The van der Waals surface area contributed by atoms with Crippen molar-refractivity contribution in [1.82, 2.24) is 20.2 Å². The number of hydrogen-bond donors (Lipinski definition) is 3. The Balaban J connectivity index is 2.08. The molecular weight excluding hydrogens is 304 g/mol. The van der Waals surface area contributed by atoms with Crippen molar-refractivity contribution in [2.45, 2.75) is 19.8 Å². The Morgan fingerprint density at radius 2 is 2.17 bits per heavy atom. The molecule has 2 heterocycles. The van der Waals surface area contributed by atoms with Gasteiger partial charge in [-0.1, -0.05) is 32.6 Å². The zero-order valence-electron chi connectivity index (χ0n) is 13.5. The van der Waals surface area contributed by atoms with Gasteiger partial charge in [-0.15, -0.1) is 0 Å². The number of amides is 1. The zero-order valence-corrected chi connectivity index (χ0v) is 13.5. The first-order chi connectivity index (χ1) is 11.5. The van der Waals surface area contributed by atoms with Gasteiger partial charge in [0.05, 0.1) is 11.1 Å². The molecule has 0 aliphatic rings. The van der Waals surface area contributed by atoms with E-state index in [4.69, 9.17) is 5.73 Å². The fourth-order valence-corrected chi connectivity index (χ4v) is 2.38. The fourth-order valence-electron chi connectivity index (χ4n) is 2.38. The van der Waals surface area contributed by atoms with Crippen LogP contribution < -0.4 is 11.1 Å². The smallest absolute Gasteiger partial charge is 0.247 e. The molecule has 7 heteroatoms. The Bertz CT molecular complexity index is 928. The lowest BCUT2D eigenvalue weighted by Gasteiger charge is -2.07. The number of nitrogen functional groups attached to an aromatic ring is 1. The van der Waals surface area contributed by atoms with Crippen LogP contribution in [-0.4, -0.2) is 26.1 Å². The second kappa shape index (κ2) is 6.11. The summed E-state index contributed by atoms with van der Waals surface area (Å²) in [5.41, 5.74) is 8.85. The monoisotopic (exact) mass is 322 g/mol. The number of aromatic nitrogens is 4. The minimum absolute atomic E-state index is 0.161. The number of rotatable bonds is 4. The molecule has 1 amide bonds. The normalized spacial score (nSPS) is 11.0. The maximum atomic E-state index is 11.5. The highest BCUT2D eigenvalue weighted by Crippen LogP contribution is 2.31. The lowest BCUT2D eigenvalue weighted by atomic mass is 10.1. The molecule has 122 valence electrons. The molecule has 7 nitrogen and oxygen atoms in total. The maximum Gasteiger partial charge on any atom is 0.247 e. The van der Waals surface area contributed by atoms with Gasteiger partial charge in [0.25, 0.3) is 0 Å². The summed E-state index contributed by atoms with van der Waals surface area (Å²) in [5.74, 6) is 0.929. The highest BCUT2D eigenvalue weighted by Gasteiger charge is 2.16. The van der Waals surface area contributed by atoms with E-state index >= 15 is 0 Å². The van der Waals surface area contributed by atoms with Gasteiger partial charge in [-0.2, -0.15) is 5.10 Å². The molecule has 1 aromatic carbocycles. The van der Waals surface area contributed by atoms with Gasteiger partial charge in [-0.25, -0.2) is 9.97 Å². The van der Waals surface area contributed by atoms with E-state index in [1.807, 2.05) is 32.0 Å². The van der Waals surface area contributed by atoms with Crippen LogP contribution in [0.2, 0.25) is 0 Å². The molecule has 0 saturated carbocycles. The molecule has 0 saturated heterocycles. The van der Waals surface area contributed by atoms with E-state index in [9.17, 15) is 4.79 Å². The summed E-state index contributed by atoms with van der Waals surface area (Å²) in [7, 11) is 0. The molecule has 0 spiro atoms. The van der Waals surface area contributed by atoms with Crippen LogP contribution >= 0.6 is 0 Å². The number of H-pyrrole nitrogens is 1. The van der Waals surface area contributed by atoms with Gasteiger partial charge in [0.15, 0.2) is 5.65 Å². The average molecular weight is 322 g/mol. The number of aromatic amines is 1. The van der Waals surface area contributed by atoms with E-state index in [0.29, 0.717) is 34.1 Å². The predicted molar refractivity (Wildman–Crippen MR) is 94.4 cm³/mol. The molecule has 0 bridgehead atoms. The number of hydrogen-bond acceptors (Lipinski definition) is 5. The van der Waals surface area contributed by atoms with Gasteiger partial charge in [-0.05, 0) is 18.2 Å². The largest absolute Gasteiger partial charge is 0.383 e. The number of nitrogens with two attached hydrogens (primary N) is 1. The van der Waals surface area contributed by atoms with E-state index in [0.717, 1.165) is 5.56 Å². The summed E-state index contributed by atoms with van der Waals surface area (Å²) in [6, 6.07) is 7.34. The van der Waals surface area contributed by atoms with Gasteiger partial charge in [0, 0.05) is 17.2 Å². The molecule has 3 aromatic rings. The molecule has 3 rings (SSSR count). The Hall–Kier alpha value is -3.22. The molecule has 0 aliphatic carbocycles. The standard InChI is InChI=1S/C17H18N6O/c1-4-12(24)19-11-7-5-6-10(8-11)14-13-15(18)20-16(9(2)3)21-17(13)23-22-14/h4-9H,1H2,2-3H3,(H,19,24)(H3,18,20,21,22,23). The second-order valence-electron chi connectivity index (χ2n) is 5.69. The molecule has 0 unspecified atom stereocenters. The molecule has 4 N–H and O–H groups in total. The number of benzene rings is 1. The number of carbonyl (C=O) groups excluding carboxylic acids is 1. The van der Waals surface area contributed by atoms with Crippen molar-refractivity contribution in [3.05, 3.63) is 42.7 Å². The SMILES string of the molecule is C=CC(=O)Nc1cccc(-c2[nH]nc3nc(C(C)C)nc(N)c23)c1. The predicted octanol–water partition coefficient (Wildman–Crippen LogP) is 2.85. The number of nitrogens with one attached hydrogen (secondary N) is 2. The van der Waals surface area contributed by atoms with Crippen LogP contribution in [-0.2, 0) is 4.79 Å². The van der Waals surface area contributed by atoms with Crippen molar-refractivity contribution in [3.63, 3.8) is 0 Å². The Labute approximate surface area is 139 Å². The molecule has 0 aliphatic heterocycles. The molecule has 24 heavy (non-hydrogen) atoms. The Morgan fingerprint density at radius 3 is 2.88 bits per heavy atom. The number of fused-ring (bicyclic) bond motifs is 1. The van der Waals surface area contributed by atoms with Gasteiger partial charge in [0.2, 0.25) is 5.91 Å². The summed E-state index contributed by atoms with van der Waals surface area (Å²) in [6.07, 6.45) is 1.22. The average Bonchev–Trinajstić information content (AvgIpc) is 2.99. The highest BCUT2D eigenvalue weighted by molar-refractivity contribution is 6.01. The molecule has 2 aromatic heterocycles. The summed E-state index contributed by atoms with van der Waals surface area (Å²) in [5, 5.41) is 10.6. The van der Waals surface area contributed by atoms with Crippen LogP contribution in [0.5, 0.6) is 0 Å². The van der Waals surface area contributed by atoms with E-state index in [-0.39, 0.29) is 11.8 Å². The van der Waals surface area contributed by atoms with Crippen molar-refractivity contribution < 1.29 is 4.79 Å². The molecule has 0 radical (unpaired) electrons. The summed E-state index contributed by atoms with van der Waals surface area (Å²) in [6.45, 7) is 7.44. The van der Waals surface area contributed by atoms with E-state index in [1.54, 1.807) is 6.07 Å². The molecule has 0 fully saturated rings. The van der Waals surface area contributed by atoms with Crippen LogP contribution in [0.3, 0.4) is 0 Å². The van der Waals surface area contributed by atoms with Gasteiger partial charge in [-0.3, -0.25) is 9.89 Å². The topological polar surface area (TPSA) is 110 Å². The first-order valence-corrected chi connectivity index (χ1v) is 7.55. The lowest BCUT2D eigenvalue weighted by molar-refractivity contribution is -0.111. The van der Waals surface area contributed by atoms with Gasteiger partial charge in [0.1, 0.15) is 11.6 Å². The lowest BCUT2D eigenvalue weighted by Crippen LogP contribution is -2.07. The fraction of sp³-hybridized carbons (Fsp3) is 0.176. The third-order valence-corrected chi connectivity index (χ3v) is 3.58. The first-order valence-electron chi connectivity index (χ1n) is 7.55. The maximum absolute atomic E-state index is 11.5. The van der Waals surface area contributed by atoms with Crippen molar-refractivity contribution >= 4 is 28.4 Å². The second-order valence-corrected chi connectivity index (χ2v) is 5.69. The number of carbonyl (C=O) groups is 1. The van der Waals surface area contributed by atoms with E-state index < -0.39 is 0 Å². The van der Waals surface area contributed by atoms with Gasteiger partial charge < -0.3 is 11.1 Å². The first kappa shape index (κ1) is 15.7. The zero-order chi connectivity index (χ0) is 17.3. The molecular formula is C17H18N6O. The Kier molecular flexibility index (Phi) is 3.99.